The first-order valence-electron chi connectivity index (χ1n) is 3.93. The molecule has 0 fully saturated rings. The minimum atomic E-state index is -0.635. The van der Waals surface area contributed by atoms with Gasteiger partial charge in [-0.05, 0) is 22.9 Å². The van der Waals surface area contributed by atoms with E-state index in [0.29, 0.717) is 11.0 Å². The molecule has 0 aliphatic carbocycles. The number of rotatable bonds is 3. The number of nitro groups is 1. The van der Waals surface area contributed by atoms with E-state index in [4.69, 9.17) is 0 Å². The Labute approximate surface area is 88.4 Å². The molecule has 1 rings (SSSR count). The van der Waals surface area contributed by atoms with Crippen molar-refractivity contribution in [2.75, 3.05) is 11.9 Å². The van der Waals surface area contributed by atoms with Crippen molar-refractivity contribution in [3.05, 3.63) is 32.5 Å². The molecule has 1 aromatic carbocycles. The van der Waals surface area contributed by atoms with Crippen molar-refractivity contribution in [1.82, 2.24) is 0 Å². The molecule has 0 aliphatic heterocycles. The van der Waals surface area contributed by atoms with Crippen LogP contribution in [0.15, 0.2) is 16.6 Å². The molecule has 14 heavy (non-hydrogen) atoms. The fourth-order valence-electron chi connectivity index (χ4n) is 1.01. The molecule has 0 bridgehead atoms. The normalized spacial score (nSPS) is 9.93. The molecule has 0 saturated heterocycles. The molecule has 0 heterocycles. The largest absolute Gasteiger partial charge is 0.382 e. The maximum absolute atomic E-state index is 13.3. The summed E-state index contributed by atoms with van der Waals surface area (Å²) in [6.45, 7) is 2.36. The highest BCUT2D eigenvalue weighted by atomic mass is 79.9. The molecule has 76 valence electrons. The van der Waals surface area contributed by atoms with Crippen LogP contribution in [0, 0.1) is 15.9 Å². The average molecular weight is 263 g/mol. The second kappa shape index (κ2) is 4.36. The van der Waals surface area contributed by atoms with Crippen molar-refractivity contribution in [3.63, 3.8) is 0 Å². The van der Waals surface area contributed by atoms with Gasteiger partial charge in [0.15, 0.2) is 5.82 Å². The summed E-state index contributed by atoms with van der Waals surface area (Å²) < 4.78 is 13.6. The number of benzene rings is 1. The van der Waals surface area contributed by atoms with Gasteiger partial charge in [0.25, 0.3) is 5.69 Å². The highest BCUT2D eigenvalue weighted by molar-refractivity contribution is 9.10. The van der Waals surface area contributed by atoms with Crippen molar-refractivity contribution in [2.45, 2.75) is 6.92 Å². The van der Waals surface area contributed by atoms with E-state index < -0.39 is 10.7 Å². The van der Waals surface area contributed by atoms with Crippen molar-refractivity contribution < 1.29 is 9.31 Å². The zero-order valence-corrected chi connectivity index (χ0v) is 8.97. The van der Waals surface area contributed by atoms with Crippen LogP contribution in [0.3, 0.4) is 0 Å². The summed E-state index contributed by atoms with van der Waals surface area (Å²) in [6, 6.07) is 2.16. The van der Waals surface area contributed by atoms with Gasteiger partial charge in [0.1, 0.15) is 0 Å². The Morgan fingerprint density at radius 1 is 1.64 bits per heavy atom. The Balaban J connectivity index is 3.18. The third-order valence-corrected chi connectivity index (χ3v) is 2.22. The zero-order valence-electron chi connectivity index (χ0n) is 7.38. The molecule has 0 saturated carbocycles. The second-order valence-corrected chi connectivity index (χ2v) is 3.43. The van der Waals surface area contributed by atoms with Crippen LogP contribution in [0.1, 0.15) is 6.92 Å². The molecular weight excluding hydrogens is 255 g/mol. The SMILES string of the molecule is CCNc1c(F)cc([N+](=O)[O-])cc1Br. The minimum absolute atomic E-state index is 0.248. The standard InChI is InChI=1S/C8H8BrFN2O2/c1-2-11-8-6(9)3-5(12(13)14)4-7(8)10/h3-4,11H,2H2,1H3. The molecule has 0 aliphatic rings. The maximum atomic E-state index is 13.3. The number of nitrogens with one attached hydrogen (secondary N) is 1. The monoisotopic (exact) mass is 262 g/mol. The van der Waals surface area contributed by atoms with Crippen LogP contribution >= 0.6 is 15.9 Å². The maximum Gasteiger partial charge on any atom is 0.273 e. The summed E-state index contributed by atoms with van der Waals surface area (Å²) in [4.78, 5) is 9.74. The van der Waals surface area contributed by atoms with Crippen LogP contribution in [0.4, 0.5) is 15.8 Å². The number of halogens is 2. The molecule has 0 atom stereocenters. The molecule has 0 radical (unpaired) electrons. The van der Waals surface area contributed by atoms with E-state index in [9.17, 15) is 14.5 Å². The Morgan fingerprint density at radius 2 is 2.29 bits per heavy atom. The number of hydrogen-bond donors (Lipinski definition) is 1. The third-order valence-electron chi connectivity index (χ3n) is 1.59. The molecule has 0 amide bonds. The summed E-state index contributed by atoms with van der Waals surface area (Å²) in [5.74, 6) is -0.632. The van der Waals surface area contributed by atoms with Crippen LogP contribution in [0.5, 0.6) is 0 Å². The molecule has 1 N–H and O–H groups in total. The van der Waals surface area contributed by atoms with Gasteiger partial charge < -0.3 is 5.32 Å². The summed E-state index contributed by atoms with van der Waals surface area (Å²) in [7, 11) is 0. The van der Waals surface area contributed by atoms with Gasteiger partial charge in [0.2, 0.25) is 0 Å². The number of hydrogen-bond acceptors (Lipinski definition) is 3. The Bertz CT molecular complexity index is 347. The van der Waals surface area contributed by atoms with E-state index in [1.165, 1.54) is 6.07 Å². The fourth-order valence-corrected chi connectivity index (χ4v) is 1.57. The smallest absolute Gasteiger partial charge is 0.273 e. The number of nitrogens with zero attached hydrogens (tertiary/aromatic N) is 1. The lowest BCUT2D eigenvalue weighted by atomic mass is 10.2. The van der Waals surface area contributed by atoms with Crippen molar-refractivity contribution in [3.8, 4) is 0 Å². The third kappa shape index (κ3) is 2.20. The van der Waals surface area contributed by atoms with Gasteiger partial charge in [0.05, 0.1) is 21.1 Å². The van der Waals surface area contributed by atoms with Crippen LogP contribution < -0.4 is 5.32 Å². The number of non-ortho nitro benzene ring substituents is 1. The van der Waals surface area contributed by atoms with E-state index in [1.807, 2.05) is 6.92 Å². The lowest BCUT2D eigenvalue weighted by Gasteiger charge is -2.06. The van der Waals surface area contributed by atoms with Gasteiger partial charge in [0, 0.05) is 12.6 Å². The Morgan fingerprint density at radius 3 is 2.71 bits per heavy atom. The van der Waals surface area contributed by atoms with E-state index in [-0.39, 0.29) is 11.4 Å². The van der Waals surface area contributed by atoms with E-state index in [2.05, 4.69) is 21.2 Å². The highest BCUT2D eigenvalue weighted by Crippen LogP contribution is 2.30. The first-order valence-corrected chi connectivity index (χ1v) is 4.73. The molecule has 0 aromatic heterocycles. The molecule has 0 spiro atoms. The highest BCUT2D eigenvalue weighted by Gasteiger charge is 2.14. The van der Waals surface area contributed by atoms with Crippen LogP contribution in [0.2, 0.25) is 0 Å². The molecule has 6 heteroatoms. The lowest BCUT2D eigenvalue weighted by Crippen LogP contribution is -2.01. The Hall–Kier alpha value is -1.17. The van der Waals surface area contributed by atoms with Gasteiger partial charge in [-0.15, -0.1) is 0 Å². The van der Waals surface area contributed by atoms with E-state index >= 15 is 0 Å². The van der Waals surface area contributed by atoms with E-state index in [1.54, 1.807) is 0 Å². The summed E-state index contributed by atoms with van der Waals surface area (Å²) >= 11 is 3.06. The fraction of sp³-hybridized carbons (Fsp3) is 0.250. The first-order chi connectivity index (χ1) is 6.56. The van der Waals surface area contributed by atoms with Gasteiger partial charge in [-0.25, -0.2) is 4.39 Å². The van der Waals surface area contributed by atoms with Gasteiger partial charge in [-0.2, -0.15) is 0 Å². The summed E-state index contributed by atoms with van der Waals surface area (Å²) in [5, 5.41) is 13.1. The number of anilines is 1. The lowest BCUT2D eigenvalue weighted by molar-refractivity contribution is -0.385. The van der Waals surface area contributed by atoms with Gasteiger partial charge in [-0.3, -0.25) is 10.1 Å². The van der Waals surface area contributed by atoms with Gasteiger partial charge in [-0.1, -0.05) is 0 Å². The number of nitro benzene ring substituents is 1. The summed E-state index contributed by atoms with van der Waals surface area (Å²) in [5.41, 5.74) is -0.0193. The van der Waals surface area contributed by atoms with Crippen LogP contribution in [-0.4, -0.2) is 11.5 Å². The second-order valence-electron chi connectivity index (χ2n) is 2.57. The van der Waals surface area contributed by atoms with Crippen LogP contribution in [-0.2, 0) is 0 Å². The quantitative estimate of drug-likeness (QED) is 0.673. The Kier molecular flexibility index (Phi) is 3.40. The van der Waals surface area contributed by atoms with Crippen molar-refractivity contribution in [1.29, 1.82) is 0 Å². The first kappa shape index (κ1) is 10.9. The van der Waals surface area contributed by atoms with Crippen LogP contribution in [0.25, 0.3) is 0 Å². The van der Waals surface area contributed by atoms with Crippen molar-refractivity contribution in [2.24, 2.45) is 0 Å². The van der Waals surface area contributed by atoms with Crippen molar-refractivity contribution >= 4 is 27.3 Å². The predicted octanol–water partition coefficient (Wildman–Crippen LogP) is 2.93. The molecule has 1 aromatic rings. The molecule has 4 nitrogen and oxygen atoms in total. The molecule has 0 unspecified atom stereocenters. The predicted molar refractivity (Wildman–Crippen MR) is 54.9 cm³/mol. The van der Waals surface area contributed by atoms with Gasteiger partial charge >= 0.3 is 0 Å². The average Bonchev–Trinajstić information content (AvgIpc) is 2.10. The molecular formula is C8H8BrFN2O2. The van der Waals surface area contributed by atoms with E-state index in [0.717, 1.165) is 6.07 Å². The topological polar surface area (TPSA) is 55.2 Å². The minimum Gasteiger partial charge on any atom is -0.382 e. The zero-order chi connectivity index (χ0) is 10.7. The summed E-state index contributed by atoms with van der Waals surface area (Å²) in [6.07, 6.45) is 0.